The first-order chi connectivity index (χ1) is 13.0. The molecule has 27 heavy (non-hydrogen) atoms. The summed E-state index contributed by atoms with van der Waals surface area (Å²) in [5.74, 6) is -0.304. The maximum atomic E-state index is 12.3. The molecule has 0 aliphatic carbocycles. The Kier molecular flexibility index (Phi) is 7.54. The first kappa shape index (κ1) is 20.2. The lowest BCUT2D eigenvalue weighted by Gasteiger charge is -2.09. The van der Waals surface area contributed by atoms with Crippen molar-refractivity contribution >= 4 is 17.8 Å². The molecule has 144 valence electrons. The molecule has 2 aromatic carbocycles. The van der Waals surface area contributed by atoms with Crippen LogP contribution in [0.25, 0.3) is 0 Å². The number of oxime groups is 1. The number of amides is 1. The highest BCUT2D eigenvalue weighted by atomic mass is 19.3. The summed E-state index contributed by atoms with van der Waals surface area (Å²) in [6, 6.07) is 11.8. The van der Waals surface area contributed by atoms with E-state index >= 15 is 0 Å². The van der Waals surface area contributed by atoms with Crippen LogP contribution in [-0.4, -0.2) is 32.4 Å². The molecular weight excluding hydrogens is 358 g/mol. The lowest BCUT2D eigenvalue weighted by Crippen LogP contribution is -2.16. The van der Waals surface area contributed by atoms with Crippen LogP contribution < -0.4 is 14.8 Å². The molecule has 0 spiro atoms. The highest BCUT2D eigenvalue weighted by Gasteiger charge is 2.10. The number of carbonyl (C=O) groups is 1. The van der Waals surface area contributed by atoms with Crippen molar-refractivity contribution in [2.24, 2.45) is 5.16 Å². The van der Waals surface area contributed by atoms with Crippen LogP contribution in [0.3, 0.4) is 0 Å². The number of halogens is 2. The van der Waals surface area contributed by atoms with E-state index in [0.717, 1.165) is 6.42 Å². The Morgan fingerprint density at radius 2 is 1.93 bits per heavy atom. The highest BCUT2D eigenvalue weighted by Crippen LogP contribution is 2.28. The second kappa shape index (κ2) is 10.1. The minimum atomic E-state index is -2.95. The molecule has 0 aliphatic heterocycles. The van der Waals surface area contributed by atoms with Gasteiger partial charge in [-0.1, -0.05) is 24.2 Å². The molecule has 0 heterocycles. The van der Waals surface area contributed by atoms with Crippen molar-refractivity contribution in [2.75, 3.05) is 19.0 Å². The Labute approximate surface area is 155 Å². The lowest BCUT2D eigenvalue weighted by molar-refractivity contribution is -0.120. The van der Waals surface area contributed by atoms with E-state index in [4.69, 9.17) is 9.57 Å². The van der Waals surface area contributed by atoms with Gasteiger partial charge in [0.1, 0.15) is 0 Å². The zero-order chi connectivity index (χ0) is 19.6. The molecule has 0 radical (unpaired) electrons. The molecule has 0 fully saturated rings. The number of alkyl halides is 2. The number of nitrogens with zero attached hydrogens (tertiary/aromatic N) is 1. The van der Waals surface area contributed by atoms with Crippen LogP contribution in [0.15, 0.2) is 47.6 Å². The summed E-state index contributed by atoms with van der Waals surface area (Å²) >= 11 is 0. The summed E-state index contributed by atoms with van der Waals surface area (Å²) in [5.41, 5.74) is 2.38. The fraction of sp³-hybridized carbons (Fsp3) is 0.263. The Morgan fingerprint density at radius 3 is 2.56 bits per heavy atom. The van der Waals surface area contributed by atoms with E-state index < -0.39 is 6.61 Å². The second-order valence-corrected chi connectivity index (χ2v) is 5.40. The van der Waals surface area contributed by atoms with Gasteiger partial charge in [-0.2, -0.15) is 8.78 Å². The van der Waals surface area contributed by atoms with Crippen molar-refractivity contribution in [3.05, 3.63) is 53.6 Å². The Balaban J connectivity index is 1.84. The third kappa shape index (κ3) is 6.58. The molecule has 0 bridgehead atoms. The number of hydrogen-bond acceptors (Lipinski definition) is 5. The molecule has 6 nitrogen and oxygen atoms in total. The SMILES string of the molecule is CCc1ccc(NC(=O)CO/N=C/c2ccc(OC(F)F)c(OC)c2)cc1. The van der Waals surface area contributed by atoms with Gasteiger partial charge in [-0.15, -0.1) is 0 Å². The van der Waals surface area contributed by atoms with Crippen LogP contribution in [-0.2, 0) is 16.1 Å². The zero-order valence-electron chi connectivity index (χ0n) is 14.9. The van der Waals surface area contributed by atoms with Crippen LogP contribution in [0, 0.1) is 0 Å². The number of methoxy groups -OCH3 is 1. The van der Waals surface area contributed by atoms with Gasteiger partial charge in [0.15, 0.2) is 18.1 Å². The predicted molar refractivity (Wildman–Crippen MR) is 97.6 cm³/mol. The second-order valence-electron chi connectivity index (χ2n) is 5.40. The van der Waals surface area contributed by atoms with E-state index in [9.17, 15) is 13.6 Å². The maximum absolute atomic E-state index is 12.3. The summed E-state index contributed by atoms with van der Waals surface area (Å²) in [6.45, 7) is -1.16. The molecule has 1 amide bonds. The maximum Gasteiger partial charge on any atom is 0.387 e. The standard InChI is InChI=1S/C19H20F2N2O4/c1-3-13-4-7-15(8-5-13)23-18(24)12-26-22-11-14-6-9-16(27-19(20)21)17(10-14)25-2/h4-11,19H,3,12H2,1-2H3,(H,23,24)/b22-11+. The van der Waals surface area contributed by atoms with E-state index in [2.05, 4.69) is 22.1 Å². The van der Waals surface area contributed by atoms with Gasteiger partial charge < -0.3 is 19.6 Å². The summed E-state index contributed by atoms with van der Waals surface area (Å²) in [6.07, 6.45) is 2.25. The van der Waals surface area contributed by atoms with Crippen molar-refractivity contribution in [3.63, 3.8) is 0 Å². The third-order valence-electron chi connectivity index (χ3n) is 3.52. The number of aryl methyl sites for hydroxylation is 1. The van der Waals surface area contributed by atoms with Gasteiger partial charge in [0.25, 0.3) is 5.91 Å². The molecule has 0 atom stereocenters. The first-order valence-electron chi connectivity index (χ1n) is 8.18. The van der Waals surface area contributed by atoms with Crippen molar-refractivity contribution in [1.82, 2.24) is 0 Å². The van der Waals surface area contributed by atoms with Gasteiger partial charge in [0.2, 0.25) is 0 Å². The van der Waals surface area contributed by atoms with Crippen LogP contribution in [0.4, 0.5) is 14.5 Å². The molecule has 2 aromatic rings. The van der Waals surface area contributed by atoms with Crippen molar-refractivity contribution in [1.29, 1.82) is 0 Å². The van der Waals surface area contributed by atoms with Gasteiger partial charge >= 0.3 is 6.61 Å². The fourth-order valence-corrected chi connectivity index (χ4v) is 2.17. The van der Waals surface area contributed by atoms with E-state index in [0.29, 0.717) is 11.3 Å². The van der Waals surface area contributed by atoms with Gasteiger partial charge in [-0.05, 0) is 42.3 Å². The van der Waals surface area contributed by atoms with E-state index in [1.165, 1.54) is 37.1 Å². The van der Waals surface area contributed by atoms with Crippen LogP contribution in [0.2, 0.25) is 0 Å². The number of hydrogen-bond donors (Lipinski definition) is 1. The number of rotatable bonds is 9. The lowest BCUT2D eigenvalue weighted by atomic mass is 10.1. The normalized spacial score (nSPS) is 10.9. The smallest absolute Gasteiger partial charge is 0.387 e. The molecule has 0 saturated heterocycles. The number of ether oxygens (including phenoxy) is 2. The first-order valence-corrected chi connectivity index (χ1v) is 8.18. The minimum Gasteiger partial charge on any atom is -0.493 e. The predicted octanol–water partition coefficient (Wildman–Crippen LogP) is 3.85. The molecule has 1 N–H and O–H groups in total. The van der Waals surface area contributed by atoms with Crippen LogP contribution in [0.1, 0.15) is 18.1 Å². The van der Waals surface area contributed by atoms with Gasteiger partial charge in [0.05, 0.1) is 13.3 Å². The fourth-order valence-electron chi connectivity index (χ4n) is 2.17. The molecular formula is C19H20F2N2O4. The number of nitrogens with one attached hydrogen (secondary N) is 1. The summed E-state index contributed by atoms with van der Waals surface area (Å²) in [7, 11) is 1.34. The molecule has 0 saturated carbocycles. The largest absolute Gasteiger partial charge is 0.493 e. The van der Waals surface area contributed by atoms with E-state index in [1.807, 2.05) is 24.3 Å². The monoisotopic (exact) mass is 378 g/mol. The van der Waals surface area contributed by atoms with Crippen LogP contribution in [0.5, 0.6) is 11.5 Å². The van der Waals surface area contributed by atoms with Crippen LogP contribution >= 0.6 is 0 Å². The van der Waals surface area contributed by atoms with Gasteiger partial charge in [-0.3, -0.25) is 4.79 Å². The van der Waals surface area contributed by atoms with Crippen molar-refractivity contribution in [2.45, 2.75) is 20.0 Å². The summed E-state index contributed by atoms with van der Waals surface area (Å²) in [5, 5.41) is 6.38. The van der Waals surface area contributed by atoms with Gasteiger partial charge in [-0.25, -0.2) is 0 Å². The van der Waals surface area contributed by atoms with E-state index in [-0.39, 0.29) is 24.0 Å². The van der Waals surface area contributed by atoms with Gasteiger partial charge in [0, 0.05) is 11.3 Å². The Bertz CT molecular complexity index is 780. The third-order valence-corrected chi connectivity index (χ3v) is 3.52. The van der Waals surface area contributed by atoms with E-state index in [1.54, 1.807) is 0 Å². The minimum absolute atomic E-state index is 0.0842. The number of benzene rings is 2. The molecule has 0 aromatic heterocycles. The molecule has 0 aliphatic rings. The number of carbonyl (C=O) groups excluding carboxylic acids is 1. The highest BCUT2D eigenvalue weighted by molar-refractivity contribution is 5.91. The van der Waals surface area contributed by atoms with Crippen molar-refractivity contribution < 1.29 is 27.9 Å². The Morgan fingerprint density at radius 1 is 1.19 bits per heavy atom. The average Bonchev–Trinajstić information content (AvgIpc) is 2.66. The molecule has 0 unspecified atom stereocenters. The topological polar surface area (TPSA) is 69.2 Å². The molecule has 8 heteroatoms. The Hall–Kier alpha value is -3.16. The average molecular weight is 378 g/mol. The molecule has 2 rings (SSSR count). The summed E-state index contributed by atoms with van der Waals surface area (Å²) < 4.78 is 33.9. The quantitative estimate of drug-likeness (QED) is 0.532. The van der Waals surface area contributed by atoms with Crippen molar-refractivity contribution in [3.8, 4) is 11.5 Å². The summed E-state index contributed by atoms with van der Waals surface area (Å²) in [4.78, 5) is 16.8. The zero-order valence-corrected chi connectivity index (χ0v) is 14.9. The number of anilines is 1.